The van der Waals surface area contributed by atoms with E-state index in [-0.39, 0.29) is 45.6 Å². The van der Waals surface area contributed by atoms with Crippen LogP contribution in [0.4, 0.5) is 0 Å². The fourth-order valence-electron chi connectivity index (χ4n) is 4.29. The first-order valence-electron chi connectivity index (χ1n) is 10.9. The summed E-state index contributed by atoms with van der Waals surface area (Å²) in [5.41, 5.74) is 0.922. The minimum Gasteiger partial charge on any atom is -0.343 e. The van der Waals surface area contributed by atoms with E-state index in [1.807, 2.05) is 4.90 Å². The van der Waals surface area contributed by atoms with E-state index in [0.717, 1.165) is 32.4 Å². The Morgan fingerprint density at radius 2 is 1.50 bits per heavy atom. The van der Waals surface area contributed by atoms with Crippen molar-refractivity contribution in [1.82, 2.24) is 9.21 Å². The topological polar surface area (TPSA) is 91.8 Å². The van der Waals surface area contributed by atoms with Crippen LogP contribution >= 0.6 is 0 Å². The van der Waals surface area contributed by atoms with Crippen molar-refractivity contribution in [1.29, 1.82) is 0 Å². The Hall–Kier alpha value is -2.84. The van der Waals surface area contributed by atoms with Crippen LogP contribution in [0.2, 0.25) is 0 Å². The van der Waals surface area contributed by atoms with E-state index in [9.17, 15) is 22.8 Å². The summed E-state index contributed by atoms with van der Waals surface area (Å²) >= 11 is 0. The van der Waals surface area contributed by atoms with E-state index in [1.165, 1.54) is 29.6 Å². The fraction of sp³-hybridized carbons (Fsp3) is 0.375. The van der Waals surface area contributed by atoms with Crippen molar-refractivity contribution < 1.29 is 22.8 Å². The van der Waals surface area contributed by atoms with Crippen LogP contribution in [0.3, 0.4) is 0 Å². The maximum atomic E-state index is 13.1. The molecular formula is C24H26N2O5S. The number of carbonyl (C=O) groups excluding carboxylic acids is 3. The number of ketones is 2. The van der Waals surface area contributed by atoms with Gasteiger partial charge in [-0.15, -0.1) is 0 Å². The highest BCUT2D eigenvalue weighted by molar-refractivity contribution is 7.89. The minimum absolute atomic E-state index is 0.0401. The van der Waals surface area contributed by atoms with Crippen LogP contribution in [0.25, 0.3) is 0 Å². The van der Waals surface area contributed by atoms with E-state index < -0.39 is 10.0 Å². The SMILES string of the molecule is CN(CCCC(=O)N1CCCCC1)S(=O)(=O)c1ccc2c(c1)C(=O)c1ccccc1C2=O. The van der Waals surface area contributed by atoms with Crippen LogP contribution in [0.5, 0.6) is 0 Å². The molecule has 0 saturated carbocycles. The lowest BCUT2D eigenvalue weighted by atomic mass is 9.84. The molecule has 1 heterocycles. The molecule has 32 heavy (non-hydrogen) atoms. The summed E-state index contributed by atoms with van der Waals surface area (Å²) in [5.74, 6) is -0.585. The smallest absolute Gasteiger partial charge is 0.242 e. The number of benzene rings is 2. The summed E-state index contributed by atoms with van der Waals surface area (Å²) in [6.45, 7) is 1.74. The van der Waals surface area contributed by atoms with Crippen LogP contribution in [0.15, 0.2) is 47.4 Å². The van der Waals surface area contributed by atoms with Gasteiger partial charge >= 0.3 is 0 Å². The number of hydrogen-bond donors (Lipinski definition) is 0. The number of rotatable bonds is 6. The van der Waals surface area contributed by atoms with Crippen LogP contribution < -0.4 is 0 Å². The fourth-order valence-corrected chi connectivity index (χ4v) is 5.53. The molecule has 0 N–H and O–H groups in total. The molecule has 1 fully saturated rings. The molecule has 7 nitrogen and oxygen atoms in total. The quantitative estimate of drug-likeness (QED) is 0.571. The number of piperidine rings is 1. The van der Waals surface area contributed by atoms with Gasteiger partial charge in [-0.1, -0.05) is 24.3 Å². The van der Waals surface area contributed by atoms with Crippen LogP contribution in [-0.4, -0.2) is 61.8 Å². The first kappa shape index (κ1) is 22.4. The van der Waals surface area contributed by atoms with Gasteiger partial charge in [0.25, 0.3) is 0 Å². The number of likely N-dealkylation sites (tertiary alicyclic amines) is 1. The Morgan fingerprint density at radius 1 is 0.906 bits per heavy atom. The Balaban J connectivity index is 1.47. The van der Waals surface area contributed by atoms with E-state index in [1.54, 1.807) is 24.3 Å². The van der Waals surface area contributed by atoms with Crippen molar-refractivity contribution in [3.63, 3.8) is 0 Å². The number of nitrogens with zero attached hydrogens (tertiary/aromatic N) is 2. The monoisotopic (exact) mass is 454 g/mol. The van der Waals surface area contributed by atoms with Gasteiger partial charge in [0, 0.05) is 55.4 Å². The van der Waals surface area contributed by atoms with Gasteiger partial charge in [0.1, 0.15) is 0 Å². The Morgan fingerprint density at radius 3 is 2.16 bits per heavy atom. The lowest BCUT2D eigenvalue weighted by Crippen LogP contribution is -2.36. The highest BCUT2D eigenvalue weighted by Crippen LogP contribution is 2.29. The Labute approximate surface area is 188 Å². The van der Waals surface area contributed by atoms with Crippen molar-refractivity contribution in [3.8, 4) is 0 Å². The molecule has 2 aromatic carbocycles. The van der Waals surface area contributed by atoms with E-state index >= 15 is 0 Å². The first-order valence-corrected chi connectivity index (χ1v) is 12.3. The third-order valence-corrected chi connectivity index (χ3v) is 8.03. The van der Waals surface area contributed by atoms with Crippen LogP contribution in [-0.2, 0) is 14.8 Å². The molecule has 1 amide bonds. The molecule has 4 rings (SSSR count). The van der Waals surface area contributed by atoms with Crippen LogP contribution in [0.1, 0.15) is 63.9 Å². The number of amides is 1. The van der Waals surface area contributed by atoms with Crippen LogP contribution in [0, 0.1) is 0 Å². The van der Waals surface area contributed by atoms with Gasteiger partial charge in [0.05, 0.1) is 4.90 Å². The number of fused-ring (bicyclic) bond motifs is 2. The van der Waals surface area contributed by atoms with Gasteiger partial charge < -0.3 is 4.90 Å². The molecular weight excluding hydrogens is 428 g/mol. The largest absolute Gasteiger partial charge is 0.343 e. The standard InChI is InChI=1S/C24H26N2O5S/c1-25(13-7-10-22(27)26-14-5-2-6-15-26)32(30,31)17-11-12-20-21(16-17)24(29)19-9-4-3-8-18(19)23(20)28/h3-4,8-9,11-12,16H,2,5-7,10,13-15H2,1H3. The van der Waals surface area contributed by atoms with Crippen molar-refractivity contribution >= 4 is 27.5 Å². The Bertz CT molecular complexity index is 1180. The van der Waals surface area contributed by atoms with Crippen molar-refractivity contribution in [2.75, 3.05) is 26.7 Å². The average molecular weight is 455 g/mol. The van der Waals surface area contributed by atoms with Crippen molar-refractivity contribution in [2.24, 2.45) is 0 Å². The van der Waals surface area contributed by atoms with Crippen molar-refractivity contribution in [3.05, 3.63) is 64.7 Å². The van der Waals surface area contributed by atoms with Gasteiger partial charge in [-0.25, -0.2) is 12.7 Å². The summed E-state index contributed by atoms with van der Waals surface area (Å²) in [7, 11) is -2.41. The van der Waals surface area contributed by atoms with E-state index in [4.69, 9.17) is 0 Å². The highest BCUT2D eigenvalue weighted by atomic mass is 32.2. The first-order chi connectivity index (χ1) is 15.3. The third kappa shape index (κ3) is 4.12. The maximum Gasteiger partial charge on any atom is 0.242 e. The predicted octanol–water partition coefficient (Wildman–Crippen LogP) is 2.88. The number of carbonyl (C=O) groups is 3. The maximum absolute atomic E-state index is 13.1. The summed E-state index contributed by atoms with van der Waals surface area (Å²) in [4.78, 5) is 39.8. The summed E-state index contributed by atoms with van der Waals surface area (Å²) in [6.07, 6.45) is 3.90. The molecule has 0 unspecified atom stereocenters. The van der Waals surface area contributed by atoms with E-state index in [0.29, 0.717) is 18.4 Å². The average Bonchev–Trinajstić information content (AvgIpc) is 2.82. The highest BCUT2D eigenvalue weighted by Gasteiger charge is 2.31. The molecule has 8 heteroatoms. The van der Waals surface area contributed by atoms with Gasteiger partial charge in [0.2, 0.25) is 15.9 Å². The summed E-state index contributed by atoms with van der Waals surface area (Å²) in [6, 6.07) is 10.6. The van der Waals surface area contributed by atoms with Gasteiger partial charge in [-0.3, -0.25) is 14.4 Å². The molecule has 1 aliphatic heterocycles. The Kier molecular flexibility index (Phi) is 6.26. The van der Waals surface area contributed by atoms with Gasteiger partial charge in [0.15, 0.2) is 11.6 Å². The number of hydrogen-bond acceptors (Lipinski definition) is 5. The zero-order chi connectivity index (χ0) is 22.9. The molecule has 0 aromatic heterocycles. The molecule has 0 bridgehead atoms. The zero-order valence-electron chi connectivity index (χ0n) is 18.0. The third-order valence-electron chi connectivity index (χ3n) is 6.18. The molecule has 2 aromatic rings. The molecule has 1 saturated heterocycles. The zero-order valence-corrected chi connectivity index (χ0v) is 18.9. The second-order valence-corrected chi connectivity index (χ2v) is 10.3. The van der Waals surface area contributed by atoms with E-state index in [2.05, 4.69) is 0 Å². The van der Waals surface area contributed by atoms with Gasteiger partial charge in [-0.05, 0) is 43.9 Å². The summed E-state index contributed by atoms with van der Waals surface area (Å²) in [5, 5.41) is 0. The molecule has 0 radical (unpaired) electrons. The second kappa shape index (κ2) is 8.96. The second-order valence-electron chi connectivity index (χ2n) is 8.28. The number of sulfonamides is 1. The lowest BCUT2D eigenvalue weighted by Gasteiger charge is -2.27. The molecule has 2 aliphatic rings. The summed E-state index contributed by atoms with van der Waals surface area (Å²) < 4.78 is 27.3. The van der Waals surface area contributed by atoms with Gasteiger partial charge in [-0.2, -0.15) is 0 Å². The normalized spacial score (nSPS) is 16.1. The minimum atomic E-state index is -3.87. The van der Waals surface area contributed by atoms with Crippen molar-refractivity contribution in [2.45, 2.75) is 37.0 Å². The molecule has 0 atom stereocenters. The molecule has 0 spiro atoms. The lowest BCUT2D eigenvalue weighted by molar-refractivity contribution is -0.132. The predicted molar refractivity (Wildman–Crippen MR) is 119 cm³/mol. The molecule has 168 valence electrons. The molecule has 1 aliphatic carbocycles.